The molecule has 2 N–H and O–H groups in total. The van der Waals surface area contributed by atoms with Gasteiger partial charge in [-0.05, 0) is 18.4 Å². The Kier molecular flexibility index (Phi) is 3.96. The van der Waals surface area contributed by atoms with E-state index in [1.54, 1.807) is 43.0 Å². The predicted octanol–water partition coefficient (Wildman–Crippen LogP) is 1.24. The molecule has 1 atom stereocenters. The maximum atomic E-state index is 11.9. The summed E-state index contributed by atoms with van der Waals surface area (Å²) in [7, 11) is 1.76. The van der Waals surface area contributed by atoms with Crippen molar-refractivity contribution in [1.29, 1.82) is 0 Å². The van der Waals surface area contributed by atoms with Crippen molar-refractivity contribution in [3.63, 3.8) is 0 Å². The standard InChI is InChI=1S/C12H14N4O2S/c1-8(13-12(18)9-4-3-7-19-9)11(17)14-10-5-6-16(2)15-10/h3-8H,1-2H3,(H,13,18)(H,14,15,17)/t8-/m0/s1. The molecule has 19 heavy (non-hydrogen) atoms. The third-order valence-corrected chi connectivity index (χ3v) is 3.32. The minimum Gasteiger partial charge on any atom is -0.340 e. The zero-order valence-corrected chi connectivity index (χ0v) is 11.4. The zero-order valence-electron chi connectivity index (χ0n) is 10.6. The van der Waals surface area contributed by atoms with Crippen LogP contribution in [0.15, 0.2) is 29.8 Å². The fourth-order valence-corrected chi connectivity index (χ4v) is 2.08. The molecule has 0 unspecified atom stereocenters. The van der Waals surface area contributed by atoms with Gasteiger partial charge in [-0.3, -0.25) is 14.3 Å². The van der Waals surface area contributed by atoms with E-state index in [9.17, 15) is 9.59 Å². The van der Waals surface area contributed by atoms with E-state index in [2.05, 4.69) is 15.7 Å². The van der Waals surface area contributed by atoms with Gasteiger partial charge in [0.1, 0.15) is 6.04 Å². The number of aryl methyl sites for hydroxylation is 1. The maximum Gasteiger partial charge on any atom is 0.261 e. The van der Waals surface area contributed by atoms with Crippen LogP contribution in [0.1, 0.15) is 16.6 Å². The normalized spacial score (nSPS) is 11.9. The van der Waals surface area contributed by atoms with Gasteiger partial charge >= 0.3 is 0 Å². The number of rotatable bonds is 4. The van der Waals surface area contributed by atoms with E-state index in [1.807, 2.05) is 5.38 Å². The lowest BCUT2D eigenvalue weighted by atomic mass is 10.3. The van der Waals surface area contributed by atoms with Crippen LogP contribution in [0.3, 0.4) is 0 Å². The van der Waals surface area contributed by atoms with Crippen molar-refractivity contribution in [3.05, 3.63) is 34.7 Å². The van der Waals surface area contributed by atoms with Crippen molar-refractivity contribution in [3.8, 4) is 0 Å². The fraction of sp³-hybridized carbons (Fsp3) is 0.250. The van der Waals surface area contributed by atoms with Gasteiger partial charge in [0.15, 0.2) is 5.82 Å². The molecule has 0 saturated heterocycles. The van der Waals surface area contributed by atoms with Crippen LogP contribution in [-0.4, -0.2) is 27.6 Å². The Morgan fingerprint density at radius 2 is 2.21 bits per heavy atom. The second-order valence-corrected chi connectivity index (χ2v) is 4.98. The SMILES string of the molecule is C[C@H](NC(=O)c1cccs1)C(=O)Nc1ccn(C)n1. The highest BCUT2D eigenvalue weighted by atomic mass is 32.1. The highest BCUT2D eigenvalue weighted by Crippen LogP contribution is 2.08. The minimum absolute atomic E-state index is 0.251. The Bertz CT molecular complexity index is 576. The van der Waals surface area contributed by atoms with Crippen molar-refractivity contribution < 1.29 is 9.59 Å². The van der Waals surface area contributed by atoms with Gasteiger partial charge in [0.2, 0.25) is 5.91 Å². The second-order valence-electron chi connectivity index (χ2n) is 4.04. The minimum atomic E-state index is -0.628. The van der Waals surface area contributed by atoms with Crippen LogP contribution in [0, 0.1) is 0 Å². The molecule has 7 heteroatoms. The van der Waals surface area contributed by atoms with Gasteiger partial charge in [-0.2, -0.15) is 5.10 Å². The molecule has 0 aliphatic heterocycles. The average Bonchev–Trinajstić information content (AvgIpc) is 3.00. The first-order valence-corrected chi connectivity index (χ1v) is 6.59. The number of aromatic nitrogens is 2. The van der Waals surface area contributed by atoms with E-state index in [1.165, 1.54) is 11.3 Å². The van der Waals surface area contributed by atoms with E-state index in [4.69, 9.17) is 0 Å². The fourth-order valence-electron chi connectivity index (χ4n) is 1.46. The van der Waals surface area contributed by atoms with E-state index in [0.717, 1.165) is 0 Å². The number of hydrogen-bond acceptors (Lipinski definition) is 4. The lowest BCUT2D eigenvalue weighted by Crippen LogP contribution is -2.41. The first-order valence-electron chi connectivity index (χ1n) is 5.71. The van der Waals surface area contributed by atoms with Gasteiger partial charge < -0.3 is 10.6 Å². The summed E-state index contributed by atoms with van der Waals surface area (Å²) < 4.78 is 1.59. The number of hydrogen-bond donors (Lipinski definition) is 2. The second kappa shape index (κ2) is 5.66. The van der Waals surface area contributed by atoms with Crippen LogP contribution >= 0.6 is 11.3 Å². The first kappa shape index (κ1) is 13.3. The van der Waals surface area contributed by atoms with E-state index in [-0.39, 0.29) is 11.8 Å². The topological polar surface area (TPSA) is 76.0 Å². The molecule has 2 aromatic heterocycles. The number of carbonyl (C=O) groups excluding carboxylic acids is 2. The Balaban J connectivity index is 1.91. The number of carbonyl (C=O) groups is 2. The molecular weight excluding hydrogens is 264 g/mol. The molecule has 2 amide bonds. The van der Waals surface area contributed by atoms with Crippen molar-refractivity contribution in [2.24, 2.45) is 7.05 Å². The van der Waals surface area contributed by atoms with Crippen molar-refractivity contribution in [1.82, 2.24) is 15.1 Å². The van der Waals surface area contributed by atoms with E-state index in [0.29, 0.717) is 10.7 Å². The van der Waals surface area contributed by atoms with E-state index >= 15 is 0 Å². The Morgan fingerprint density at radius 1 is 1.42 bits per heavy atom. The molecule has 2 heterocycles. The summed E-state index contributed by atoms with van der Waals surface area (Å²) in [4.78, 5) is 24.2. The van der Waals surface area contributed by atoms with Gasteiger partial charge in [0.05, 0.1) is 4.88 Å². The highest BCUT2D eigenvalue weighted by Gasteiger charge is 2.17. The number of anilines is 1. The maximum absolute atomic E-state index is 11.9. The summed E-state index contributed by atoms with van der Waals surface area (Å²) in [6.07, 6.45) is 1.73. The van der Waals surface area contributed by atoms with Crippen LogP contribution < -0.4 is 10.6 Å². The summed E-state index contributed by atoms with van der Waals surface area (Å²) in [6.45, 7) is 1.63. The molecule has 0 aliphatic rings. The Morgan fingerprint density at radius 3 is 2.79 bits per heavy atom. The summed E-state index contributed by atoms with van der Waals surface area (Å²) in [6, 6.07) is 4.56. The molecular formula is C12H14N4O2S. The number of amides is 2. The Hall–Kier alpha value is -2.15. The lowest BCUT2D eigenvalue weighted by Gasteiger charge is -2.12. The third-order valence-electron chi connectivity index (χ3n) is 2.45. The quantitative estimate of drug-likeness (QED) is 0.883. The molecule has 0 fully saturated rings. The third kappa shape index (κ3) is 3.41. The van der Waals surface area contributed by atoms with Crippen LogP contribution in [0.5, 0.6) is 0 Å². The zero-order chi connectivity index (χ0) is 13.8. The molecule has 0 bridgehead atoms. The summed E-state index contributed by atoms with van der Waals surface area (Å²) in [5, 5.41) is 11.1. The van der Waals surface area contributed by atoms with Gasteiger partial charge in [-0.15, -0.1) is 11.3 Å². The molecule has 6 nitrogen and oxygen atoms in total. The number of nitrogens with one attached hydrogen (secondary N) is 2. The Labute approximate surface area is 114 Å². The molecule has 0 saturated carbocycles. The van der Waals surface area contributed by atoms with Crippen molar-refractivity contribution in [2.75, 3.05) is 5.32 Å². The molecule has 100 valence electrons. The molecule has 2 rings (SSSR count). The summed E-state index contributed by atoms with van der Waals surface area (Å²) >= 11 is 1.33. The van der Waals surface area contributed by atoms with Crippen molar-refractivity contribution in [2.45, 2.75) is 13.0 Å². The monoisotopic (exact) mass is 278 g/mol. The summed E-state index contributed by atoms with van der Waals surface area (Å²) in [5.74, 6) is -0.0907. The van der Waals surface area contributed by atoms with Crippen LogP contribution in [0.2, 0.25) is 0 Å². The lowest BCUT2D eigenvalue weighted by molar-refractivity contribution is -0.117. The van der Waals surface area contributed by atoms with Gasteiger partial charge in [-0.25, -0.2) is 0 Å². The molecule has 0 radical (unpaired) electrons. The van der Waals surface area contributed by atoms with Crippen LogP contribution in [0.25, 0.3) is 0 Å². The van der Waals surface area contributed by atoms with Crippen molar-refractivity contribution >= 4 is 29.0 Å². The van der Waals surface area contributed by atoms with Gasteiger partial charge in [0.25, 0.3) is 5.91 Å². The predicted molar refractivity (Wildman–Crippen MR) is 73.1 cm³/mol. The number of thiophene rings is 1. The number of nitrogens with zero attached hydrogens (tertiary/aromatic N) is 2. The molecule has 0 spiro atoms. The largest absolute Gasteiger partial charge is 0.340 e. The smallest absolute Gasteiger partial charge is 0.261 e. The molecule has 0 aromatic carbocycles. The van der Waals surface area contributed by atoms with Crippen LogP contribution in [-0.2, 0) is 11.8 Å². The molecule has 0 aliphatic carbocycles. The molecule has 2 aromatic rings. The van der Waals surface area contributed by atoms with Gasteiger partial charge in [-0.1, -0.05) is 6.07 Å². The summed E-state index contributed by atoms with van der Waals surface area (Å²) in [5.41, 5.74) is 0. The van der Waals surface area contributed by atoms with Crippen LogP contribution in [0.4, 0.5) is 5.82 Å². The van der Waals surface area contributed by atoms with Gasteiger partial charge in [0, 0.05) is 19.3 Å². The average molecular weight is 278 g/mol. The first-order chi connectivity index (χ1) is 9.06. The highest BCUT2D eigenvalue weighted by molar-refractivity contribution is 7.12. The van der Waals surface area contributed by atoms with E-state index < -0.39 is 6.04 Å².